The summed E-state index contributed by atoms with van der Waals surface area (Å²) >= 11 is 0. The van der Waals surface area contributed by atoms with Gasteiger partial charge < -0.3 is 15.2 Å². The van der Waals surface area contributed by atoms with Gasteiger partial charge in [-0.3, -0.25) is 0 Å². The molecule has 2 N–H and O–H groups in total. The summed E-state index contributed by atoms with van der Waals surface area (Å²) in [4.78, 5) is 0. The number of aliphatic hydroxyl groups excluding tert-OH is 1. The number of ether oxygens (including phenoxy) is 1. The van der Waals surface area contributed by atoms with E-state index in [-0.39, 0.29) is 6.10 Å². The first kappa shape index (κ1) is 8.97. The van der Waals surface area contributed by atoms with E-state index in [1.807, 2.05) is 0 Å². The molecular formula is C8H17NO2. The largest absolute Gasteiger partial charge is 0.393 e. The fourth-order valence-corrected chi connectivity index (χ4v) is 1.18. The number of rotatable bonds is 4. The third-order valence-electron chi connectivity index (χ3n) is 1.90. The normalized spacial score (nSPS) is 27.3. The zero-order valence-electron chi connectivity index (χ0n) is 7.05. The Morgan fingerprint density at radius 3 is 3.09 bits per heavy atom. The molecule has 0 aromatic carbocycles. The Hall–Kier alpha value is -0.120. The molecule has 2 unspecified atom stereocenters. The van der Waals surface area contributed by atoms with E-state index in [1.165, 1.54) is 0 Å². The molecule has 0 aromatic rings. The van der Waals surface area contributed by atoms with Crippen LogP contribution in [-0.4, -0.2) is 37.0 Å². The van der Waals surface area contributed by atoms with Gasteiger partial charge in [-0.2, -0.15) is 0 Å². The fraction of sp³-hybridized carbons (Fsp3) is 1.00. The van der Waals surface area contributed by atoms with Crippen molar-refractivity contribution in [1.29, 1.82) is 0 Å². The molecule has 2 atom stereocenters. The summed E-state index contributed by atoms with van der Waals surface area (Å²) in [5.74, 6) is 0. The monoisotopic (exact) mass is 159 g/mol. The van der Waals surface area contributed by atoms with Crippen LogP contribution >= 0.6 is 0 Å². The van der Waals surface area contributed by atoms with Crippen LogP contribution in [0.15, 0.2) is 0 Å². The van der Waals surface area contributed by atoms with E-state index in [9.17, 15) is 0 Å². The van der Waals surface area contributed by atoms with Gasteiger partial charge in [-0.25, -0.2) is 0 Å². The quantitative estimate of drug-likeness (QED) is 0.613. The zero-order chi connectivity index (χ0) is 8.10. The molecule has 0 bridgehead atoms. The van der Waals surface area contributed by atoms with Gasteiger partial charge in [0.1, 0.15) is 0 Å². The minimum absolute atomic E-state index is 0.232. The van der Waals surface area contributed by atoms with Gasteiger partial charge in [-0.05, 0) is 26.3 Å². The van der Waals surface area contributed by atoms with Crippen molar-refractivity contribution in [3.63, 3.8) is 0 Å². The predicted octanol–water partition coefficient (Wildman–Crippen LogP) is 0.136. The average molecular weight is 159 g/mol. The number of hydrogen-bond donors (Lipinski definition) is 2. The average Bonchev–Trinajstić information content (AvgIpc) is 2.39. The molecule has 1 rings (SSSR count). The van der Waals surface area contributed by atoms with E-state index in [0.29, 0.717) is 12.7 Å². The van der Waals surface area contributed by atoms with Gasteiger partial charge in [0.25, 0.3) is 0 Å². The molecule has 1 aliphatic heterocycles. The molecule has 1 fully saturated rings. The third-order valence-corrected chi connectivity index (χ3v) is 1.90. The van der Waals surface area contributed by atoms with Crippen molar-refractivity contribution in [2.45, 2.75) is 32.0 Å². The van der Waals surface area contributed by atoms with E-state index in [0.717, 1.165) is 25.9 Å². The predicted molar refractivity (Wildman–Crippen MR) is 43.5 cm³/mol. The molecular weight excluding hydrogens is 142 g/mol. The van der Waals surface area contributed by atoms with Crippen LogP contribution in [0.4, 0.5) is 0 Å². The molecule has 1 saturated heterocycles. The van der Waals surface area contributed by atoms with Gasteiger partial charge in [-0.15, -0.1) is 0 Å². The van der Waals surface area contributed by atoms with Crippen LogP contribution in [0, 0.1) is 0 Å². The van der Waals surface area contributed by atoms with Gasteiger partial charge in [0.15, 0.2) is 0 Å². The highest BCUT2D eigenvalue weighted by molar-refractivity contribution is 4.70. The van der Waals surface area contributed by atoms with E-state index >= 15 is 0 Å². The van der Waals surface area contributed by atoms with Crippen molar-refractivity contribution >= 4 is 0 Å². The standard InChI is InChI=1S/C8H17NO2/c1-7(10)3-5-11-8-2-4-9-6-8/h7-10H,2-6H2,1H3. The molecule has 1 aliphatic rings. The highest BCUT2D eigenvalue weighted by Crippen LogP contribution is 2.03. The maximum absolute atomic E-state index is 8.93. The lowest BCUT2D eigenvalue weighted by molar-refractivity contribution is 0.0425. The molecule has 0 amide bonds. The minimum Gasteiger partial charge on any atom is -0.393 e. The number of hydrogen-bond acceptors (Lipinski definition) is 3. The Morgan fingerprint density at radius 2 is 2.55 bits per heavy atom. The van der Waals surface area contributed by atoms with Crippen LogP contribution in [0.25, 0.3) is 0 Å². The van der Waals surface area contributed by atoms with Gasteiger partial charge in [0.2, 0.25) is 0 Å². The summed E-state index contributed by atoms with van der Waals surface area (Å²) in [7, 11) is 0. The van der Waals surface area contributed by atoms with Crippen molar-refractivity contribution in [2.24, 2.45) is 0 Å². The van der Waals surface area contributed by atoms with Gasteiger partial charge in [0, 0.05) is 13.2 Å². The van der Waals surface area contributed by atoms with Crippen molar-refractivity contribution in [3.05, 3.63) is 0 Å². The molecule has 3 nitrogen and oxygen atoms in total. The molecule has 0 saturated carbocycles. The molecule has 0 spiro atoms. The topological polar surface area (TPSA) is 41.5 Å². The molecule has 0 aliphatic carbocycles. The maximum atomic E-state index is 8.93. The third kappa shape index (κ3) is 3.70. The van der Waals surface area contributed by atoms with E-state index in [1.54, 1.807) is 6.92 Å². The summed E-state index contributed by atoms with van der Waals surface area (Å²) in [5.41, 5.74) is 0. The Balaban J connectivity index is 1.94. The zero-order valence-corrected chi connectivity index (χ0v) is 7.05. The van der Waals surface area contributed by atoms with Crippen molar-refractivity contribution < 1.29 is 9.84 Å². The van der Waals surface area contributed by atoms with Crippen molar-refractivity contribution in [2.75, 3.05) is 19.7 Å². The van der Waals surface area contributed by atoms with Gasteiger partial charge in [0.05, 0.1) is 12.2 Å². The lowest BCUT2D eigenvalue weighted by Gasteiger charge is -2.10. The Kier molecular flexibility index (Phi) is 3.83. The molecule has 11 heavy (non-hydrogen) atoms. The highest BCUT2D eigenvalue weighted by atomic mass is 16.5. The summed E-state index contributed by atoms with van der Waals surface area (Å²) < 4.78 is 5.49. The summed E-state index contributed by atoms with van der Waals surface area (Å²) in [6.45, 7) is 4.51. The molecule has 1 heterocycles. The molecule has 66 valence electrons. The second-order valence-corrected chi connectivity index (χ2v) is 3.12. The van der Waals surface area contributed by atoms with Gasteiger partial charge in [-0.1, -0.05) is 0 Å². The van der Waals surface area contributed by atoms with Gasteiger partial charge >= 0.3 is 0 Å². The summed E-state index contributed by atoms with van der Waals surface area (Å²) in [6, 6.07) is 0. The van der Waals surface area contributed by atoms with Crippen LogP contribution in [0.1, 0.15) is 19.8 Å². The smallest absolute Gasteiger partial charge is 0.0711 e. The Bertz CT molecular complexity index is 100. The van der Waals surface area contributed by atoms with Crippen LogP contribution in [0.3, 0.4) is 0 Å². The molecule has 3 heteroatoms. The molecule has 0 radical (unpaired) electrons. The van der Waals surface area contributed by atoms with Crippen molar-refractivity contribution in [3.8, 4) is 0 Å². The SMILES string of the molecule is CC(O)CCOC1CCNC1. The second-order valence-electron chi connectivity index (χ2n) is 3.12. The van der Waals surface area contributed by atoms with Crippen LogP contribution in [0.5, 0.6) is 0 Å². The van der Waals surface area contributed by atoms with E-state index in [2.05, 4.69) is 5.32 Å². The Morgan fingerprint density at radius 1 is 1.73 bits per heavy atom. The second kappa shape index (κ2) is 4.70. The number of nitrogens with one attached hydrogen (secondary N) is 1. The van der Waals surface area contributed by atoms with Crippen LogP contribution in [0.2, 0.25) is 0 Å². The first-order chi connectivity index (χ1) is 5.29. The first-order valence-electron chi connectivity index (χ1n) is 4.29. The van der Waals surface area contributed by atoms with Crippen LogP contribution < -0.4 is 5.32 Å². The Labute approximate surface area is 67.7 Å². The maximum Gasteiger partial charge on any atom is 0.0711 e. The highest BCUT2D eigenvalue weighted by Gasteiger charge is 2.14. The lowest BCUT2D eigenvalue weighted by atomic mass is 10.3. The fourth-order valence-electron chi connectivity index (χ4n) is 1.18. The minimum atomic E-state index is -0.232. The molecule has 0 aromatic heterocycles. The van der Waals surface area contributed by atoms with Crippen LogP contribution in [-0.2, 0) is 4.74 Å². The van der Waals surface area contributed by atoms with E-state index in [4.69, 9.17) is 9.84 Å². The first-order valence-corrected chi connectivity index (χ1v) is 4.29. The van der Waals surface area contributed by atoms with Crippen molar-refractivity contribution in [1.82, 2.24) is 5.32 Å². The lowest BCUT2D eigenvalue weighted by Crippen LogP contribution is -2.18. The summed E-state index contributed by atoms with van der Waals surface area (Å²) in [6.07, 6.45) is 2.01. The summed E-state index contributed by atoms with van der Waals surface area (Å²) in [5, 5.41) is 12.2. The number of aliphatic hydroxyl groups is 1. The van der Waals surface area contributed by atoms with E-state index < -0.39 is 0 Å².